The molecular weight excluding hydrogens is 468 g/mol. The topological polar surface area (TPSA) is 74.2 Å². The van der Waals surface area contributed by atoms with Gasteiger partial charge in [-0.3, -0.25) is 19.2 Å². The first-order valence-electron chi connectivity index (χ1n) is 13.8. The van der Waals surface area contributed by atoms with Gasteiger partial charge in [0, 0.05) is 69.3 Å². The largest absolute Gasteiger partial charge is 0.378 e. The van der Waals surface area contributed by atoms with Crippen LogP contribution in [0.15, 0.2) is 18.2 Å². The first kappa shape index (κ1) is 24.4. The van der Waals surface area contributed by atoms with E-state index in [0.717, 1.165) is 69.9 Å². The van der Waals surface area contributed by atoms with Crippen molar-refractivity contribution in [3.05, 3.63) is 46.3 Å². The van der Waals surface area contributed by atoms with Crippen molar-refractivity contribution in [2.45, 2.75) is 45.7 Å². The number of nitrogens with zero attached hydrogens (tertiary/aromatic N) is 6. The van der Waals surface area contributed by atoms with Crippen LogP contribution in [-0.2, 0) is 28.9 Å². The Morgan fingerprint density at radius 3 is 2.65 bits per heavy atom. The van der Waals surface area contributed by atoms with Crippen LogP contribution in [0.5, 0.6) is 0 Å². The van der Waals surface area contributed by atoms with E-state index in [1.807, 2.05) is 14.5 Å². The second-order valence-electron chi connectivity index (χ2n) is 10.9. The number of aromatic nitrogens is 2. The number of anilines is 1. The Kier molecular flexibility index (Phi) is 6.67. The molecule has 0 saturated carbocycles. The van der Waals surface area contributed by atoms with Crippen LogP contribution in [-0.4, -0.2) is 108 Å². The molecule has 4 aliphatic rings. The highest BCUT2D eigenvalue weighted by Gasteiger charge is 2.35. The van der Waals surface area contributed by atoms with E-state index in [9.17, 15) is 9.59 Å². The summed E-state index contributed by atoms with van der Waals surface area (Å²) in [4.78, 5) is 35.5. The maximum absolute atomic E-state index is 13.5. The molecule has 1 aliphatic carbocycles. The molecule has 1 aromatic carbocycles. The fourth-order valence-electron chi connectivity index (χ4n) is 6.40. The van der Waals surface area contributed by atoms with Gasteiger partial charge in [-0.2, -0.15) is 5.10 Å². The van der Waals surface area contributed by atoms with E-state index >= 15 is 0 Å². The number of rotatable bonds is 4. The fraction of sp³-hybridized carbons (Fsp3) is 0.607. The Labute approximate surface area is 218 Å². The highest BCUT2D eigenvalue weighted by Crippen LogP contribution is 2.28. The molecule has 2 aromatic rings. The van der Waals surface area contributed by atoms with E-state index in [1.165, 1.54) is 16.8 Å². The fourth-order valence-corrected chi connectivity index (χ4v) is 6.40. The molecule has 0 radical (unpaired) electrons. The number of hydrogen-bond donors (Lipinski definition) is 0. The highest BCUT2D eigenvalue weighted by molar-refractivity contribution is 5.94. The van der Waals surface area contributed by atoms with Crippen molar-refractivity contribution in [3.8, 4) is 0 Å². The third-order valence-electron chi connectivity index (χ3n) is 8.77. The third-order valence-corrected chi connectivity index (χ3v) is 8.77. The van der Waals surface area contributed by atoms with E-state index in [-0.39, 0.29) is 24.4 Å². The van der Waals surface area contributed by atoms with Gasteiger partial charge in [0.2, 0.25) is 5.91 Å². The van der Waals surface area contributed by atoms with E-state index in [0.29, 0.717) is 31.9 Å². The number of carbonyl (C=O) groups excluding carboxylic acids is 2. The van der Waals surface area contributed by atoms with Crippen molar-refractivity contribution >= 4 is 17.5 Å². The van der Waals surface area contributed by atoms with Crippen LogP contribution in [0.3, 0.4) is 0 Å². The van der Waals surface area contributed by atoms with Gasteiger partial charge in [0.25, 0.3) is 5.91 Å². The molecule has 198 valence electrons. The maximum atomic E-state index is 13.5. The Balaban J connectivity index is 1.11. The number of fused-ring (bicyclic) bond motifs is 2. The lowest BCUT2D eigenvalue weighted by molar-refractivity contribution is -0.132. The highest BCUT2D eigenvalue weighted by atomic mass is 16.5. The number of hydrogen-bond acceptors (Lipinski definition) is 6. The van der Waals surface area contributed by atoms with Gasteiger partial charge in [-0.05, 0) is 50.3 Å². The van der Waals surface area contributed by atoms with Crippen molar-refractivity contribution in [1.29, 1.82) is 0 Å². The number of morpholine rings is 1. The second-order valence-corrected chi connectivity index (χ2v) is 10.9. The zero-order chi connectivity index (χ0) is 25.5. The molecule has 2 amide bonds. The minimum absolute atomic E-state index is 0.0108. The Morgan fingerprint density at radius 1 is 1.00 bits per heavy atom. The standard InChI is InChI=1S/C28H38N6O3/c1-20-5-3-7-24(21(20)2)31-10-12-32(13-11-31)26(35)18-34-25-8-4-6-23(25)27(29-34)28(36)33-14-9-30-15-16-37-19-22(30)17-33/h3,5,7,22H,4,6,8-19H2,1-2H3/t22-/m0/s1. The van der Waals surface area contributed by atoms with Crippen LogP contribution in [0.4, 0.5) is 5.69 Å². The van der Waals surface area contributed by atoms with Crippen molar-refractivity contribution in [3.63, 3.8) is 0 Å². The van der Waals surface area contributed by atoms with E-state index in [1.54, 1.807) is 0 Å². The molecule has 4 heterocycles. The number of piperazine rings is 2. The molecular formula is C28H38N6O3. The third kappa shape index (κ3) is 4.63. The Hall–Kier alpha value is -2.91. The van der Waals surface area contributed by atoms with Gasteiger partial charge in [-0.15, -0.1) is 0 Å². The molecule has 3 saturated heterocycles. The summed E-state index contributed by atoms with van der Waals surface area (Å²) in [7, 11) is 0. The molecule has 0 N–H and O–H groups in total. The molecule has 3 aliphatic heterocycles. The monoisotopic (exact) mass is 506 g/mol. The second kappa shape index (κ2) is 10.1. The van der Waals surface area contributed by atoms with Crippen LogP contribution in [0.1, 0.15) is 39.3 Å². The number of benzene rings is 1. The maximum Gasteiger partial charge on any atom is 0.274 e. The van der Waals surface area contributed by atoms with E-state index in [2.05, 4.69) is 41.8 Å². The van der Waals surface area contributed by atoms with Gasteiger partial charge in [0.15, 0.2) is 5.69 Å². The molecule has 37 heavy (non-hydrogen) atoms. The SMILES string of the molecule is Cc1cccc(N2CCN(C(=O)Cn3nc(C(=O)N4CCN5CCOC[C@@H]5C4)c4c3CCC4)CC2)c1C. The summed E-state index contributed by atoms with van der Waals surface area (Å²) in [6.45, 7) is 12.3. The minimum Gasteiger partial charge on any atom is -0.378 e. The van der Waals surface area contributed by atoms with E-state index < -0.39 is 0 Å². The van der Waals surface area contributed by atoms with E-state index in [4.69, 9.17) is 9.84 Å². The predicted molar refractivity (Wildman–Crippen MR) is 141 cm³/mol. The van der Waals surface area contributed by atoms with Crippen LogP contribution in [0.2, 0.25) is 0 Å². The van der Waals surface area contributed by atoms with Crippen LogP contribution < -0.4 is 4.90 Å². The molecule has 1 aromatic heterocycles. The number of carbonyl (C=O) groups is 2. The average Bonchev–Trinajstić information content (AvgIpc) is 3.54. The summed E-state index contributed by atoms with van der Waals surface area (Å²) < 4.78 is 7.48. The molecule has 9 nitrogen and oxygen atoms in total. The van der Waals surface area contributed by atoms with Gasteiger partial charge in [-0.1, -0.05) is 12.1 Å². The Bertz CT molecular complexity index is 1180. The van der Waals surface area contributed by atoms with Gasteiger partial charge in [-0.25, -0.2) is 0 Å². The summed E-state index contributed by atoms with van der Waals surface area (Å²) in [5.41, 5.74) is 6.56. The van der Waals surface area contributed by atoms with Crippen LogP contribution in [0, 0.1) is 13.8 Å². The molecule has 1 atom stereocenters. The quantitative estimate of drug-likeness (QED) is 0.626. The molecule has 0 unspecified atom stereocenters. The predicted octanol–water partition coefficient (Wildman–Crippen LogP) is 1.49. The summed E-state index contributed by atoms with van der Waals surface area (Å²) in [6.07, 6.45) is 2.76. The summed E-state index contributed by atoms with van der Waals surface area (Å²) in [5.74, 6) is 0.0986. The molecule has 6 rings (SSSR count). The summed E-state index contributed by atoms with van der Waals surface area (Å²) in [5, 5.41) is 4.75. The molecule has 3 fully saturated rings. The van der Waals surface area contributed by atoms with Gasteiger partial charge in [0.05, 0.1) is 19.3 Å². The lowest BCUT2D eigenvalue weighted by Crippen LogP contribution is -2.59. The smallest absolute Gasteiger partial charge is 0.274 e. The average molecular weight is 507 g/mol. The number of aryl methyl sites for hydroxylation is 1. The zero-order valence-corrected chi connectivity index (χ0v) is 22.1. The van der Waals surface area contributed by atoms with Crippen molar-refractivity contribution in [1.82, 2.24) is 24.5 Å². The van der Waals surface area contributed by atoms with Crippen LogP contribution >= 0.6 is 0 Å². The first-order valence-corrected chi connectivity index (χ1v) is 13.8. The molecule has 0 spiro atoms. The van der Waals surface area contributed by atoms with Crippen molar-refractivity contribution < 1.29 is 14.3 Å². The zero-order valence-electron chi connectivity index (χ0n) is 22.1. The van der Waals surface area contributed by atoms with Crippen molar-refractivity contribution in [2.24, 2.45) is 0 Å². The normalized spacial score (nSPS) is 22.2. The lowest BCUT2D eigenvalue weighted by atomic mass is 10.1. The summed E-state index contributed by atoms with van der Waals surface area (Å²) >= 11 is 0. The first-order chi connectivity index (χ1) is 18.0. The minimum atomic E-state index is 0.0108. The summed E-state index contributed by atoms with van der Waals surface area (Å²) in [6, 6.07) is 6.69. The number of amides is 2. The number of ether oxygens (including phenoxy) is 1. The molecule has 9 heteroatoms. The van der Waals surface area contributed by atoms with Crippen LogP contribution in [0.25, 0.3) is 0 Å². The molecule has 0 bridgehead atoms. The Morgan fingerprint density at radius 2 is 1.81 bits per heavy atom. The van der Waals surface area contributed by atoms with Gasteiger partial charge in [0.1, 0.15) is 6.54 Å². The van der Waals surface area contributed by atoms with Crippen molar-refractivity contribution in [2.75, 3.05) is 70.5 Å². The lowest BCUT2D eigenvalue weighted by Gasteiger charge is -2.43. The van der Waals surface area contributed by atoms with Gasteiger partial charge >= 0.3 is 0 Å². The van der Waals surface area contributed by atoms with Gasteiger partial charge < -0.3 is 19.4 Å².